The number of ketones is 1. The Balaban J connectivity index is 1.96. The predicted octanol–water partition coefficient (Wildman–Crippen LogP) is 3.71. The number of aromatic hydroxyl groups is 1. The van der Waals surface area contributed by atoms with E-state index in [0.717, 1.165) is 22.2 Å². The molecule has 0 radical (unpaired) electrons. The summed E-state index contributed by atoms with van der Waals surface area (Å²) in [6.07, 6.45) is 0.767. The van der Waals surface area contributed by atoms with E-state index in [2.05, 4.69) is 10.2 Å². The Labute approximate surface area is 182 Å². The van der Waals surface area contributed by atoms with Crippen molar-refractivity contribution >= 4 is 16.8 Å². The molecular weight excluding hydrogens is 394 g/mol. The molecule has 2 N–H and O–H groups in total. The Morgan fingerprint density at radius 2 is 1.68 bits per heavy atom. The van der Waals surface area contributed by atoms with Crippen LogP contribution in [0.25, 0.3) is 16.7 Å². The van der Waals surface area contributed by atoms with E-state index in [1.54, 1.807) is 13.8 Å². The molecule has 0 unspecified atom stereocenters. The van der Waals surface area contributed by atoms with Crippen LogP contribution in [0.2, 0.25) is 0 Å². The number of carbonyl (C=O) groups is 1. The van der Waals surface area contributed by atoms with E-state index in [1.165, 1.54) is 4.80 Å². The number of hydrogen-bond donors (Lipinski definition) is 2. The van der Waals surface area contributed by atoms with Crippen molar-refractivity contribution in [1.29, 1.82) is 0 Å². The van der Waals surface area contributed by atoms with Crippen LogP contribution >= 0.6 is 0 Å². The number of ether oxygens (including phenoxy) is 1. The number of aliphatic hydroxyl groups excluding tert-OH is 1. The van der Waals surface area contributed by atoms with Crippen molar-refractivity contribution < 1.29 is 19.7 Å². The molecule has 2 aromatic carbocycles. The highest BCUT2D eigenvalue weighted by atomic mass is 16.5. The van der Waals surface area contributed by atoms with Gasteiger partial charge in [-0.1, -0.05) is 39.0 Å². The van der Waals surface area contributed by atoms with Crippen LogP contribution in [0, 0.1) is 0 Å². The standard InChI is InChI=1S/C24H31N3O4/c1-23(2,3)17-14-16(10-11-21(29)24(4,5)31-13-12-28)15-20(22(17)30)27-25-18-8-6-7-9-19(18)26-27/h6-9,14-15,28,30H,10-13H2,1-5H3. The van der Waals surface area contributed by atoms with E-state index < -0.39 is 5.60 Å². The average Bonchev–Trinajstić information content (AvgIpc) is 3.14. The molecule has 0 aliphatic rings. The van der Waals surface area contributed by atoms with Gasteiger partial charge in [-0.3, -0.25) is 4.79 Å². The van der Waals surface area contributed by atoms with Crippen molar-refractivity contribution in [1.82, 2.24) is 15.0 Å². The maximum absolute atomic E-state index is 12.7. The van der Waals surface area contributed by atoms with E-state index in [-0.39, 0.29) is 36.6 Å². The van der Waals surface area contributed by atoms with Crippen molar-refractivity contribution in [2.75, 3.05) is 13.2 Å². The lowest BCUT2D eigenvalue weighted by molar-refractivity contribution is -0.141. The first-order chi connectivity index (χ1) is 14.5. The zero-order valence-corrected chi connectivity index (χ0v) is 18.8. The smallest absolute Gasteiger partial charge is 0.164 e. The molecule has 166 valence electrons. The van der Waals surface area contributed by atoms with E-state index in [9.17, 15) is 9.90 Å². The predicted molar refractivity (Wildman–Crippen MR) is 120 cm³/mol. The molecule has 0 spiro atoms. The Morgan fingerprint density at radius 3 is 2.23 bits per heavy atom. The van der Waals surface area contributed by atoms with Gasteiger partial charge in [0.1, 0.15) is 28.1 Å². The van der Waals surface area contributed by atoms with Gasteiger partial charge in [-0.2, -0.15) is 0 Å². The van der Waals surface area contributed by atoms with Gasteiger partial charge in [0.2, 0.25) is 0 Å². The van der Waals surface area contributed by atoms with Crippen LogP contribution in [0.1, 0.15) is 52.2 Å². The highest BCUT2D eigenvalue weighted by molar-refractivity contribution is 5.86. The van der Waals surface area contributed by atoms with Crippen molar-refractivity contribution in [3.05, 3.63) is 47.5 Å². The summed E-state index contributed by atoms with van der Waals surface area (Å²) in [7, 11) is 0. The average molecular weight is 426 g/mol. The number of Topliss-reactive ketones (excluding diaryl/α,β-unsaturated/α-hetero) is 1. The number of benzene rings is 2. The molecule has 0 saturated heterocycles. The third kappa shape index (κ3) is 5.11. The summed E-state index contributed by atoms with van der Waals surface area (Å²) >= 11 is 0. The quantitative estimate of drug-likeness (QED) is 0.571. The fourth-order valence-corrected chi connectivity index (χ4v) is 3.45. The summed E-state index contributed by atoms with van der Waals surface area (Å²) < 4.78 is 5.49. The number of carbonyl (C=O) groups excluding carboxylic acids is 1. The monoisotopic (exact) mass is 425 g/mol. The van der Waals surface area contributed by atoms with Crippen LogP contribution < -0.4 is 0 Å². The van der Waals surface area contributed by atoms with E-state index in [4.69, 9.17) is 9.84 Å². The van der Waals surface area contributed by atoms with Crippen LogP contribution in [0.15, 0.2) is 36.4 Å². The number of aryl methyl sites for hydroxylation is 1. The summed E-state index contributed by atoms with van der Waals surface area (Å²) in [6, 6.07) is 11.3. The highest BCUT2D eigenvalue weighted by Crippen LogP contribution is 2.36. The van der Waals surface area contributed by atoms with Gasteiger partial charge in [0.25, 0.3) is 0 Å². The first-order valence-electron chi connectivity index (χ1n) is 10.5. The molecule has 0 aliphatic heterocycles. The molecule has 0 aliphatic carbocycles. The van der Waals surface area contributed by atoms with Crippen molar-refractivity contribution in [2.24, 2.45) is 0 Å². The lowest BCUT2D eigenvalue weighted by Crippen LogP contribution is -2.36. The molecule has 0 bridgehead atoms. The van der Waals surface area contributed by atoms with E-state index >= 15 is 0 Å². The van der Waals surface area contributed by atoms with Crippen LogP contribution in [0.4, 0.5) is 0 Å². The largest absolute Gasteiger partial charge is 0.505 e. The summed E-state index contributed by atoms with van der Waals surface area (Å²) in [5.74, 6) is 0.0883. The second-order valence-electron chi connectivity index (χ2n) is 9.24. The minimum atomic E-state index is -0.962. The molecule has 0 atom stereocenters. The Hall–Kier alpha value is -2.77. The second kappa shape index (κ2) is 8.77. The fourth-order valence-electron chi connectivity index (χ4n) is 3.45. The third-order valence-corrected chi connectivity index (χ3v) is 5.33. The minimum absolute atomic E-state index is 0.0455. The van der Waals surface area contributed by atoms with Crippen molar-refractivity contribution in [2.45, 2.75) is 58.5 Å². The van der Waals surface area contributed by atoms with Gasteiger partial charge in [0.15, 0.2) is 5.78 Å². The van der Waals surface area contributed by atoms with Crippen LogP contribution in [0.3, 0.4) is 0 Å². The van der Waals surface area contributed by atoms with Crippen LogP contribution in [-0.4, -0.2) is 49.8 Å². The van der Waals surface area contributed by atoms with Crippen LogP contribution in [0.5, 0.6) is 5.75 Å². The van der Waals surface area contributed by atoms with Gasteiger partial charge in [-0.25, -0.2) is 0 Å². The third-order valence-electron chi connectivity index (χ3n) is 5.33. The molecule has 1 heterocycles. The molecule has 0 amide bonds. The fraction of sp³-hybridized carbons (Fsp3) is 0.458. The maximum atomic E-state index is 12.7. The van der Waals surface area contributed by atoms with E-state index in [0.29, 0.717) is 12.1 Å². The zero-order chi connectivity index (χ0) is 22.8. The number of aromatic nitrogens is 3. The molecule has 0 fully saturated rings. The second-order valence-corrected chi connectivity index (χ2v) is 9.24. The Bertz CT molecular complexity index is 1050. The van der Waals surface area contributed by atoms with Crippen molar-refractivity contribution in [3.8, 4) is 11.4 Å². The minimum Gasteiger partial charge on any atom is -0.505 e. The molecule has 7 nitrogen and oxygen atoms in total. The molecule has 0 saturated carbocycles. The number of fused-ring (bicyclic) bond motifs is 1. The SMILES string of the molecule is CC(C)(OCCO)C(=O)CCc1cc(-n2nc3ccccc3n2)c(O)c(C(C)(C)C)c1. The topological polar surface area (TPSA) is 97.5 Å². The van der Waals surface area contributed by atoms with Gasteiger partial charge >= 0.3 is 0 Å². The number of hydrogen-bond acceptors (Lipinski definition) is 6. The number of aliphatic hydroxyl groups is 1. The van der Waals surface area contributed by atoms with Gasteiger partial charge < -0.3 is 14.9 Å². The molecular formula is C24H31N3O4. The Morgan fingerprint density at radius 1 is 1.06 bits per heavy atom. The number of phenolic OH excluding ortho intramolecular Hbond substituents is 1. The number of phenols is 1. The lowest BCUT2D eigenvalue weighted by Gasteiger charge is -2.25. The van der Waals surface area contributed by atoms with Gasteiger partial charge in [0.05, 0.1) is 13.2 Å². The lowest BCUT2D eigenvalue weighted by atomic mass is 9.84. The van der Waals surface area contributed by atoms with E-state index in [1.807, 2.05) is 57.2 Å². The van der Waals surface area contributed by atoms with Crippen LogP contribution in [-0.2, 0) is 21.4 Å². The maximum Gasteiger partial charge on any atom is 0.164 e. The molecule has 3 rings (SSSR count). The van der Waals surface area contributed by atoms with Gasteiger partial charge in [-0.05, 0) is 49.4 Å². The summed E-state index contributed by atoms with van der Waals surface area (Å²) in [5.41, 5.74) is 2.37. The Kier molecular flexibility index (Phi) is 6.48. The highest BCUT2D eigenvalue weighted by Gasteiger charge is 2.28. The molecule has 31 heavy (non-hydrogen) atoms. The summed E-state index contributed by atoms with van der Waals surface area (Å²) in [6.45, 7) is 9.51. The zero-order valence-electron chi connectivity index (χ0n) is 18.8. The van der Waals surface area contributed by atoms with Crippen molar-refractivity contribution in [3.63, 3.8) is 0 Å². The van der Waals surface area contributed by atoms with Gasteiger partial charge in [0, 0.05) is 12.0 Å². The first-order valence-corrected chi connectivity index (χ1v) is 10.5. The molecule has 7 heteroatoms. The van der Waals surface area contributed by atoms with Gasteiger partial charge in [-0.15, -0.1) is 15.0 Å². The number of nitrogens with zero attached hydrogens (tertiary/aromatic N) is 3. The normalized spacial score (nSPS) is 12.5. The molecule has 3 aromatic rings. The molecule has 1 aromatic heterocycles. The summed E-state index contributed by atoms with van der Waals surface area (Å²) in [5, 5.41) is 29.0. The first kappa shape index (κ1) is 22.9. The number of rotatable bonds is 8. The summed E-state index contributed by atoms with van der Waals surface area (Å²) in [4.78, 5) is 14.1.